The molecule has 0 unspecified atom stereocenters. The Morgan fingerprint density at radius 2 is 2.21 bits per heavy atom. The highest BCUT2D eigenvalue weighted by molar-refractivity contribution is 6.31. The maximum atomic E-state index is 13.5. The van der Waals surface area contributed by atoms with Crippen molar-refractivity contribution in [3.05, 3.63) is 34.1 Å². The Morgan fingerprint density at radius 1 is 1.57 bits per heavy atom. The monoisotopic (exact) mass is 216 g/mol. The normalized spacial score (nSPS) is 10.0. The van der Waals surface area contributed by atoms with E-state index in [9.17, 15) is 9.18 Å². The van der Waals surface area contributed by atoms with Crippen molar-refractivity contribution in [2.24, 2.45) is 0 Å². The molecule has 0 spiro atoms. The molecular weight excluding hydrogens is 207 g/mol. The molecule has 76 valence electrons. The fourth-order valence-corrected chi connectivity index (χ4v) is 1.23. The van der Waals surface area contributed by atoms with Crippen molar-refractivity contribution in [3.63, 3.8) is 0 Å². The maximum absolute atomic E-state index is 13.5. The molecule has 1 aromatic carbocycles. The first-order valence-electron chi connectivity index (χ1n) is 4.06. The Labute approximate surface area is 86.6 Å². The Bertz CT molecular complexity index is 363. The van der Waals surface area contributed by atoms with Gasteiger partial charge in [-0.1, -0.05) is 17.7 Å². The van der Waals surface area contributed by atoms with Crippen LogP contribution in [0.25, 0.3) is 0 Å². The molecule has 0 aliphatic rings. The largest absolute Gasteiger partial charge is 0.469 e. The summed E-state index contributed by atoms with van der Waals surface area (Å²) in [5.41, 5.74) is 0.659. The number of benzene rings is 1. The topological polar surface area (TPSA) is 26.3 Å². The van der Waals surface area contributed by atoms with E-state index in [-0.39, 0.29) is 6.42 Å². The van der Waals surface area contributed by atoms with E-state index < -0.39 is 11.8 Å². The lowest BCUT2D eigenvalue weighted by Gasteiger charge is -2.05. The van der Waals surface area contributed by atoms with E-state index in [1.165, 1.54) is 13.2 Å². The fourth-order valence-electron chi connectivity index (χ4n) is 1.08. The first-order chi connectivity index (χ1) is 6.56. The highest BCUT2D eigenvalue weighted by Crippen LogP contribution is 2.21. The predicted octanol–water partition coefficient (Wildman–Crippen LogP) is 2.50. The minimum absolute atomic E-state index is 0.0691. The van der Waals surface area contributed by atoms with Crippen LogP contribution in [-0.2, 0) is 16.0 Å². The van der Waals surface area contributed by atoms with Crippen LogP contribution in [0, 0.1) is 12.7 Å². The van der Waals surface area contributed by atoms with Crippen LogP contribution >= 0.6 is 11.6 Å². The van der Waals surface area contributed by atoms with Crippen molar-refractivity contribution in [2.45, 2.75) is 13.3 Å². The van der Waals surface area contributed by atoms with E-state index >= 15 is 0 Å². The maximum Gasteiger partial charge on any atom is 0.310 e. The van der Waals surface area contributed by atoms with Crippen molar-refractivity contribution in [1.82, 2.24) is 0 Å². The highest BCUT2D eigenvalue weighted by Gasteiger charge is 2.11. The molecule has 0 N–H and O–H groups in total. The first-order valence-corrected chi connectivity index (χ1v) is 4.44. The van der Waals surface area contributed by atoms with Gasteiger partial charge in [-0.05, 0) is 18.6 Å². The fraction of sp³-hybridized carbons (Fsp3) is 0.300. The van der Waals surface area contributed by atoms with Crippen molar-refractivity contribution in [1.29, 1.82) is 0 Å². The lowest BCUT2D eigenvalue weighted by atomic mass is 10.1. The van der Waals surface area contributed by atoms with Gasteiger partial charge in [0.1, 0.15) is 5.82 Å². The standard InChI is InChI=1S/C10H10ClFO2/c1-6-8(11)4-3-7(10(6)12)5-9(13)14-2/h3-4H,5H2,1-2H3. The van der Waals surface area contributed by atoms with E-state index in [4.69, 9.17) is 11.6 Å². The molecule has 0 atom stereocenters. The van der Waals surface area contributed by atoms with E-state index in [1.807, 2.05) is 0 Å². The molecule has 14 heavy (non-hydrogen) atoms. The minimum Gasteiger partial charge on any atom is -0.469 e. The third-order valence-electron chi connectivity index (χ3n) is 1.96. The van der Waals surface area contributed by atoms with Crippen LogP contribution in [0.5, 0.6) is 0 Å². The minimum atomic E-state index is -0.467. The van der Waals surface area contributed by atoms with Crippen LogP contribution in [-0.4, -0.2) is 13.1 Å². The summed E-state index contributed by atoms with van der Waals surface area (Å²) in [7, 11) is 1.27. The summed E-state index contributed by atoms with van der Waals surface area (Å²) < 4.78 is 17.9. The van der Waals surface area contributed by atoms with Gasteiger partial charge in [-0.3, -0.25) is 4.79 Å². The second kappa shape index (κ2) is 4.42. The summed E-state index contributed by atoms with van der Waals surface area (Å²) in [4.78, 5) is 10.9. The number of ether oxygens (including phenoxy) is 1. The smallest absolute Gasteiger partial charge is 0.310 e. The Hall–Kier alpha value is -1.09. The van der Waals surface area contributed by atoms with Crippen molar-refractivity contribution >= 4 is 17.6 Å². The average molecular weight is 217 g/mol. The molecule has 0 saturated carbocycles. The Kier molecular flexibility index (Phi) is 3.47. The lowest BCUT2D eigenvalue weighted by Crippen LogP contribution is -2.06. The lowest BCUT2D eigenvalue weighted by molar-refractivity contribution is -0.139. The molecule has 0 radical (unpaired) electrons. The molecule has 1 aromatic rings. The molecular formula is C10H10ClFO2. The molecule has 0 amide bonds. The predicted molar refractivity (Wildman–Crippen MR) is 51.9 cm³/mol. The number of hydrogen-bond donors (Lipinski definition) is 0. The summed E-state index contributed by atoms with van der Waals surface area (Å²) in [5.74, 6) is -0.909. The third-order valence-corrected chi connectivity index (χ3v) is 2.37. The third kappa shape index (κ3) is 2.23. The van der Waals surface area contributed by atoms with Crippen molar-refractivity contribution in [3.8, 4) is 0 Å². The summed E-state index contributed by atoms with van der Waals surface area (Å²) in [6.07, 6.45) is -0.0691. The summed E-state index contributed by atoms with van der Waals surface area (Å²) in [5, 5.41) is 0.358. The van der Waals surface area contributed by atoms with Crippen LogP contribution in [0.1, 0.15) is 11.1 Å². The van der Waals surface area contributed by atoms with Gasteiger partial charge in [0.2, 0.25) is 0 Å². The average Bonchev–Trinajstić information content (AvgIpc) is 2.19. The quantitative estimate of drug-likeness (QED) is 0.710. The van der Waals surface area contributed by atoms with Gasteiger partial charge in [0, 0.05) is 10.6 Å². The van der Waals surface area contributed by atoms with Gasteiger partial charge in [0.25, 0.3) is 0 Å². The van der Waals surface area contributed by atoms with E-state index in [0.29, 0.717) is 16.1 Å². The molecule has 0 aliphatic carbocycles. The molecule has 0 aliphatic heterocycles. The van der Waals surface area contributed by atoms with Gasteiger partial charge in [0.05, 0.1) is 13.5 Å². The van der Waals surface area contributed by atoms with E-state index in [2.05, 4.69) is 4.74 Å². The van der Waals surface area contributed by atoms with Gasteiger partial charge in [-0.2, -0.15) is 0 Å². The number of esters is 1. The van der Waals surface area contributed by atoms with Gasteiger partial charge < -0.3 is 4.74 Å². The molecule has 0 aromatic heterocycles. The van der Waals surface area contributed by atoms with Gasteiger partial charge >= 0.3 is 5.97 Å². The van der Waals surface area contributed by atoms with Gasteiger partial charge in [-0.25, -0.2) is 4.39 Å². The van der Waals surface area contributed by atoms with E-state index in [0.717, 1.165) is 0 Å². The highest BCUT2D eigenvalue weighted by atomic mass is 35.5. The zero-order chi connectivity index (χ0) is 10.7. The molecule has 0 heterocycles. The summed E-state index contributed by atoms with van der Waals surface area (Å²) in [6, 6.07) is 3.06. The Balaban J connectivity index is 3.00. The van der Waals surface area contributed by atoms with Crippen molar-refractivity contribution < 1.29 is 13.9 Å². The molecule has 0 bridgehead atoms. The van der Waals surface area contributed by atoms with E-state index in [1.54, 1.807) is 13.0 Å². The second-order valence-electron chi connectivity index (χ2n) is 2.90. The zero-order valence-corrected chi connectivity index (χ0v) is 8.69. The number of halogens is 2. The second-order valence-corrected chi connectivity index (χ2v) is 3.31. The Morgan fingerprint density at radius 3 is 2.79 bits per heavy atom. The molecule has 2 nitrogen and oxygen atoms in total. The summed E-state index contributed by atoms with van der Waals surface area (Å²) >= 11 is 5.70. The van der Waals surface area contributed by atoms with Crippen LogP contribution in [0.2, 0.25) is 5.02 Å². The van der Waals surface area contributed by atoms with Crippen LogP contribution in [0.4, 0.5) is 4.39 Å². The van der Waals surface area contributed by atoms with Gasteiger partial charge in [0.15, 0.2) is 0 Å². The van der Waals surface area contributed by atoms with Crippen LogP contribution < -0.4 is 0 Å². The number of rotatable bonds is 2. The number of methoxy groups -OCH3 is 1. The zero-order valence-electron chi connectivity index (χ0n) is 7.93. The van der Waals surface area contributed by atoms with Crippen LogP contribution in [0.3, 0.4) is 0 Å². The molecule has 0 fully saturated rings. The molecule has 1 rings (SSSR count). The SMILES string of the molecule is COC(=O)Cc1ccc(Cl)c(C)c1F. The molecule has 0 saturated heterocycles. The number of carbonyl (C=O) groups is 1. The number of carbonyl (C=O) groups excluding carboxylic acids is 1. The number of hydrogen-bond acceptors (Lipinski definition) is 2. The summed E-state index contributed by atoms with van der Waals surface area (Å²) in [6.45, 7) is 1.57. The van der Waals surface area contributed by atoms with Crippen LogP contribution in [0.15, 0.2) is 12.1 Å². The van der Waals surface area contributed by atoms with Gasteiger partial charge in [-0.15, -0.1) is 0 Å². The first kappa shape index (κ1) is 11.0. The molecule has 4 heteroatoms. The van der Waals surface area contributed by atoms with Crippen molar-refractivity contribution in [2.75, 3.05) is 7.11 Å².